The molecule has 0 aromatic carbocycles. The fourth-order valence-corrected chi connectivity index (χ4v) is 0.958. The molecule has 1 rings (SSSR count). The second kappa shape index (κ2) is 3.68. The third-order valence-electron chi connectivity index (χ3n) is 1.67. The summed E-state index contributed by atoms with van der Waals surface area (Å²) in [6.07, 6.45) is 1.95. The maximum absolute atomic E-state index is 10.7. The Morgan fingerprint density at radius 1 is 1.77 bits per heavy atom. The lowest BCUT2D eigenvalue weighted by Gasteiger charge is -1.99. The van der Waals surface area contributed by atoms with E-state index < -0.39 is 5.97 Å². The minimum absolute atomic E-state index is 0.0225. The van der Waals surface area contributed by atoms with Gasteiger partial charge in [0.2, 0.25) is 0 Å². The van der Waals surface area contributed by atoms with Crippen molar-refractivity contribution in [3.05, 3.63) is 29.1 Å². The fourth-order valence-electron chi connectivity index (χ4n) is 0.958. The SMILES string of the molecule is CCc1cc(C(=O)O)c(C#N)cn1. The van der Waals surface area contributed by atoms with Crippen molar-refractivity contribution in [1.29, 1.82) is 5.26 Å². The molecule has 1 aromatic rings. The zero-order valence-electron chi connectivity index (χ0n) is 7.11. The predicted octanol–water partition coefficient (Wildman–Crippen LogP) is 1.21. The molecule has 0 amide bonds. The van der Waals surface area contributed by atoms with Crippen LogP contribution >= 0.6 is 0 Å². The van der Waals surface area contributed by atoms with E-state index >= 15 is 0 Å². The van der Waals surface area contributed by atoms with Gasteiger partial charge in [0.25, 0.3) is 0 Å². The molecule has 0 saturated carbocycles. The van der Waals surface area contributed by atoms with Crippen LogP contribution in [-0.2, 0) is 6.42 Å². The van der Waals surface area contributed by atoms with Crippen LogP contribution in [0.25, 0.3) is 0 Å². The van der Waals surface area contributed by atoms with E-state index in [0.717, 1.165) is 0 Å². The van der Waals surface area contributed by atoms with E-state index in [2.05, 4.69) is 4.98 Å². The second-order valence-corrected chi connectivity index (χ2v) is 2.49. The van der Waals surface area contributed by atoms with Gasteiger partial charge in [0.15, 0.2) is 0 Å². The number of nitrogens with zero attached hydrogens (tertiary/aromatic N) is 2. The lowest BCUT2D eigenvalue weighted by Crippen LogP contribution is -2.02. The van der Waals surface area contributed by atoms with Crippen LogP contribution in [0, 0.1) is 11.3 Å². The zero-order chi connectivity index (χ0) is 9.84. The molecule has 0 atom stereocenters. The zero-order valence-corrected chi connectivity index (χ0v) is 7.11. The number of carboxylic acids is 1. The number of aromatic carboxylic acids is 1. The lowest BCUT2D eigenvalue weighted by atomic mass is 10.1. The highest BCUT2D eigenvalue weighted by Crippen LogP contribution is 2.08. The standard InChI is InChI=1S/C9H8N2O2/c1-2-7-3-8(9(12)13)6(4-10)5-11-7/h3,5H,2H2,1H3,(H,12,13). The molecule has 66 valence electrons. The van der Waals surface area contributed by atoms with E-state index in [1.807, 2.05) is 6.92 Å². The first kappa shape index (κ1) is 9.20. The van der Waals surface area contributed by atoms with Crippen LogP contribution in [0.3, 0.4) is 0 Å². The van der Waals surface area contributed by atoms with Crippen LogP contribution in [0.1, 0.15) is 28.5 Å². The van der Waals surface area contributed by atoms with Crippen molar-refractivity contribution in [2.75, 3.05) is 0 Å². The number of aryl methyl sites for hydroxylation is 1. The Balaban J connectivity index is 3.28. The molecule has 0 radical (unpaired) electrons. The largest absolute Gasteiger partial charge is 0.478 e. The Bertz CT molecular complexity index is 380. The highest BCUT2D eigenvalue weighted by Gasteiger charge is 2.10. The van der Waals surface area contributed by atoms with Gasteiger partial charge in [-0.2, -0.15) is 5.26 Å². The Labute approximate surface area is 75.5 Å². The van der Waals surface area contributed by atoms with Gasteiger partial charge >= 0.3 is 5.97 Å². The van der Waals surface area contributed by atoms with E-state index in [-0.39, 0.29) is 11.1 Å². The average molecular weight is 176 g/mol. The van der Waals surface area contributed by atoms with Crippen molar-refractivity contribution in [3.63, 3.8) is 0 Å². The Hall–Kier alpha value is -1.89. The first-order valence-electron chi connectivity index (χ1n) is 3.81. The predicted molar refractivity (Wildman–Crippen MR) is 45.3 cm³/mol. The summed E-state index contributed by atoms with van der Waals surface area (Å²) < 4.78 is 0. The van der Waals surface area contributed by atoms with Crippen molar-refractivity contribution in [2.24, 2.45) is 0 Å². The van der Waals surface area contributed by atoms with E-state index in [9.17, 15) is 4.79 Å². The molecule has 0 fully saturated rings. The normalized spacial score (nSPS) is 9.23. The number of hydrogen-bond acceptors (Lipinski definition) is 3. The van der Waals surface area contributed by atoms with E-state index in [1.165, 1.54) is 12.3 Å². The minimum Gasteiger partial charge on any atom is -0.478 e. The van der Waals surface area contributed by atoms with Crippen LogP contribution in [0.4, 0.5) is 0 Å². The molecule has 0 spiro atoms. The van der Waals surface area contributed by atoms with Crippen molar-refractivity contribution < 1.29 is 9.90 Å². The highest BCUT2D eigenvalue weighted by atomic mass is 16.4. The van der Waals surface area contributed by atoms with Gasteiger partial charge < -0.3 is 5.11 Å². The fraction of sp³-hybridized carbons (Fsp3) is 0.222. The summed E-state index contributed by atoms with van der Waals surface area (Å²) >= 11 is 0. The number of nitriles is 1. The number of rotatable bonds is 2. The van der Waals surface area contributed by atoms with Crippen LogP contribution in [-0.4, -0.2) is 16.1 Å². The lowest BCUT2D eigenvalue weighted by molar-refractivity contribution is 0.0696. The third kappa shape index (κ3) is 1.82. The summed E-state index contributed by atoms with van der Waals surface area (Å²) in [5, 5.41) is 17.3. The van der Waals surface area contributed by atoms with Gasteiger partial charge in [-0.05, 0) is 12.5 Å². The molecular formula is C9H8N2O2. The molecule has 13 heavy (non-hydrogen) atoms. The average Bonchev–Trinajstić information content (AvgIpc) is 2.16. The molecule has 1 heterocycles. The highest BCUT2D eigenvalue weighted by molar-refractivity contribution is 5.90. The van der Waals surface area contributed by atoms with Gasteiger partial charge in [-0.25, -0.2) is 4.79 Å². The van der Waals surface area contributed by atoms with E-state index in [1.54, 1.807) is 6.07 Å². The molecule has 0 saturated heterocycles. The maximum atomic E-state index is 10.7. The van der Waals surface area contributed by atoms with Crippen LogP contribution in [0.5, 0.6) is 0 Å². The molecule has 0 aliphatic rings. The topological polar surface area (TPSA) is 74.0 Å². The number of aromatic nitrogens is 1. The molecule has 4 heteroatoms. The first-order chi connectivity index (χ1) is 6.19. The molecule has 0 bridgehead atoms. The molecule has 0 unspecified atom stereocenters. The summed E-state index contributed by atoms with van der Waals surface area (Å²) in [4.78, 5) is 14.6. The number of carbonyl (C=O) groups is 1. The Morgan fingerprint density at radius 2 is 2.46 bits per heavy atom. The van der Waals surface area contributed by atoms with Gasteiger partial charge in [0.05, 0.1) is 11.1 Å². The maximum Gasteiger partial charge on any atom is 0.337 e. The number of pyridine rings is 1. The number of carboxylic acid groups (broad SMARTS) is 1. The summed E-state index contributed by atoms with van der Waals surface area (Å²) in [5.74, 6) is -1.09. The molecular weight excluding hydrogens is 168 g/mol. The first-order valence-corrected chi connectivity index (χ1v) is 3.81. The third-order valence-corrected chi connectivity index (χ3v) is 1.67. The Kier molecular flexibility index (Phi) is 2.60. The summed E-state index contributed by atoms with van der Waals surface area (Å²) in [5.41, 5.74) is 0.801. The van der Waals surface area contributed by atoms with E-state index in [4.69, 9.17) is 10.4 Å². The molecule has 1 aromatic heterocycles. The minimum atomic E-state index is -1.09. The molecule has 1 N–H and O–H groups in total. The van der Waals surface area contributed by atoms with E-state index in [0.29, 0.717) is 12.1 Å². The van der Waals surface area contributed by atoms with Gasteiger partial charge in [0, 0.05) is 11.9 Å². The van der Waals surface area contributed by atoms with Gasteiger partial charge in [-0.3, -0.25) is 4.98 Å². The summed E-state index contributed by atoms with van der Waals surface area (Å²) in [6, 6.07) is 3.22. The van der Waals surface area contributed by atoms with Gasteiger partial charge in [-0.1, -0.05) is 6.92 Å². The number of hydrogen-bond donors (Lipinski definition) is 1. The van der Waals surface area contributed by atoms with Crippen molar-refractivity contribution in [3.8, 4) is 6.07 Å². The quantitative estimate of drug-likeness (QED) is 0.735. The summed E-state index contributed by atoms with van der Waals surface area (Å²) in [6.45, 7) is 1.88. The molecule has 0 aliphatic heterocycles. The molecule has 0 aliphatic carbocycles. The smallest absolute Gasteiger partial charge is 0.337 e. The van der Waals surface area contributed by atoms with Gasteiger partial charge in [-0.15, -0.1) is 0 Å². The monoisotopic (exact) mass is 176 g/mol. The van der Waals surface area contributed by atoms with Crippen molar-refractivity contribution in [2.45, 2.75) is 13.3 Å². The summed E-state index contributed by atoms with van der Waals surface area (Å²) in [7, 11) is 0. The van der Waals surface area contributed by atoms with Crippen LogP contribution < -0.4 is 0 Å². The molecule has 4 nitrogen and oxygen atoms in total. The van der Waals surface area contributed by atoms with Crippen LogP contribution in [0.2, 0.25) is 0 Å². The van der Waals surface area contributed by atoms with Crippen molar-refractivity contribution >= 4 is 5.97 Å². The second-order valence-electron chi connectivity index (χ2n) is 2.49. The van der Waals surface area contributed by atoms with Crippen LogP contribution in [0.15, 0.2) is 12.3 Å². The Morgan fingerprint density at radius 3 is 2.92 bits per heavy atom. The van der Waals surface area contributed by atoms with Crippen molar-refractivity contribution in [1.82, 2.24) is 4.98 Å². The van der Waals surface area contributed by atoms with Gasteiger partial charge in [0.1, 0.15) is 6.07 Å².